The lowest BCUT2D eigenvalue weighted by molar-refractivity contribution is -0.402. The number of carbonyl (C=O) groups excluding carboxylic acids is 2. The van der Waals surface area contributed by atoms with Crippen molar-refractivity contribution in [2.24, 2.45) is 4.99 Å². The number of benzene rings is 1. The summed E-state index contributed by atoms with van der Waals surface area (Å²) in [6.45, 7) is 5.70. The Kier molecular flexibility index (Phi) is 5.41. The van der Waals surface area contributed by atoms with Gasteiger partial charge in [0.2, 0.25) is 5.76 Å². The molecule has 10 heteroatoms. The molecule has 28 heavy (non-hydrogen) atoms. The molecule has 0 N–H and O–H groups in total. The number of fused-ring (bicyclic) bond motifs is 1. The van der Waals surface area contributed by atoms with Crippen molar-refractivity contribution in [1.29, 1.82) is 0 Å². The summed E-state index contributed by atoms with van der Waals surface area (Å²) in [5.41, 5.74) is 2.74. The maximum absolute atomic E-state index is 12.4. The lowest BCUT2D eigenvalue weighted by atomic mass is 10.1. The van der Waals surface area contributed by atoms with Crippen molar-refractivity contribution in [3.8, 4) is 0 Å². The average molecular weight is 403 g/mol. The molecular formula is C18H17N3O6S. The first-order chi connectivity index (χ1) is 13.3. The van der Waals surface area contributed by atoms with Gasteiger partial charge in [-0.05, 0) is 44.0 Å². The molecule has 1 amide bonds. The van der Waals surface area contributed by atoms with Gasteiger partial charge in [-0.2, -0.15) is 4.99 Å². The Balaban J connectivity index is 2.13. The highest BCUT2D eigenvalue weighted by molar-refractivity contribution is 7.16. The van der Waals surface area contributed by atoms with Gasteiger partial charge in [0.05, 0.1) is 22.9 Å². The van der Waals surface area contributed by atoms with Crippen LogP contribution in [0.15, 0.2) is 33.7 Å². The summed E-state index contributed by atoms with van der Waals surface area (Å²) in [5.74, 6) is -2.02. The maximum atomic E-state index is 12.4. The first-order valence-electron chi connectivity index (χ1n) is 8.39. The van der Waals surface area contributed by atoms with Gasteiger partial charge in [0.1, 0.15) is 11.5 Å². The number of aromatic nitrogens is 1. The summed E-state index contributed by atoms with van der Waals surface area (Å²) in [5, 5.41) is 10.7. The van der Waals surface area contributed by atoms with E-state index in [2.05, 4.69) is 4.99 Å². The second-order valence-corrected chi connectivity index (χ2v) is 7.00. The molecule has 0 unspecified atom stereocenters. The zero-order chi connectivity index (χ0) is 20.4. The zero-order valence-electron chi connectivity index (χ0n) is 15.4. The van der Waals surface area contributed by atoms with Crippen molar-refractivity contribution < 1.29 is 23.7 Å². The molecule has 0 bridgehead atoms. The maximum Gasteiger partial charge on any atom is 0.433 e. The molecule has 3 rings (SSSR count). The molecule has 0 spiro atoms. The van der Waals surface area contributed by atoms with Gasteiger partial charge >= 0.3 is 17.8 Å². The highest BCUT2D eigenvalue weighted by Gasteiger charge is 2.19. The fourth-order valence-electron chi connectivity index (χ4n) is 2.77. The predicted octanol–water partition coefficient (Wildman–Crippen LogP) is 3.13. The van der Waals surface area contributed by atoms with Crippen LogP contribution in [-0.4, -0.2) is 28.0 Å². The molecule has 0 atom stereocenters. The van der Waals surface area contributed by atoms with Crippen LogP contribution in [0.1, 0.15) is 28.6 Å². The molecule has 0 saturated heterocycles. The fourth-order valence-corrected chi connectivity index (χ4v) is 3.85. The third-order valence-corrected chi connectivity index (χ3v) is 5.12. The molecule has 0 saturated carbocycles. The molecule has 2 aromatic heterocycles. The number of furan rings is 1. The van der Waals surface area contributed by atoms with Crippen molar-refractivity contribution in [3.05, 3.63) is 56.1 Å². The molecule has 0 aliphatic heterocycles. The van der Waals surface area contributed by atoms with Crippen LogP contribution in [0.4, 0.5) is 5.88 Å². The molecule has 0 aliphatic rings. The van der Waals surface area contributed by atoms with E-state index in [4.69, 9.17) is 9.15 Å². The van der Waals surface area contributed by atoms with Crippen molar-refractivity contribution in [2.45, 2.75) is 27.3 Å². The van der Waals surface area contributed by atoms with Crippen LogP contribution in [0.2, 0.25) is 0 Å². The number of aryl methyl sites for hydroxylation is 2. The number of nitro groups is 1. The van der Waals surface area contributed by atoms with Crippen LogP contribution in [0, 0.1) is 24.0 Å². The van der Waals surface area contributed by atoms with E-state index in [0.29, 0.717) is 0 Å². The molecule has 3 aromatic rings. The molecule has 0 radical (unpaired) electrons. The van der Waals surface area contributed by atoms with Crippen LogP contribution < -0.4 is 4.80 Å². The van der Waals surface area contributed by atoms with E-state index in [0.717, 1.165) is 27.4 Å². The minimum Gasteiger partial charge on any atom is -0.465 e. The Morgan fingerprint density at radius 1 is 1.32 bits per heavy atom. The molecule has 1 aromatic carbocycles. The highest BCUT2D eigenvalue weighted by atomic mass is 32.1. The topological polar surface area (TPSA) is 117 Å². The summed E-state index contributed by atoms with van der Waals surface area (Å²) in [6, 6.07) is 6.19. The van der Waals surface area contributed by atoms with Crippen LogP contribution in [-0.2, 0) is 16.1 Å². The highest BCUT2D eigenvalue weighted by Crippen LogP contribution is 2.24. The van der Waals surface area contributed by atoms with Crippen molar-refractivity contribution in [2.75, 3.05) is 6.61 Å². The molecule has 9 nitrogen and oxygen atoms in total. The number of carbonyl (C=O) groups is 2. The second kappa shape index (κ2) is 7.77. The number of nitrogens with zero attached hydrogens (tertiary/aromatic N) is 3. The Bertz CT molecular complexity index is 1150. The quantitative estimate of drug-likeness (QED) is 0.367. The van der Waals surface area contributed by atoms with Crippen LogP contribution in [0.25, 0.3) is 10.2 Å². The van der Waals surface area contributed by atoms with Crippen LogP contribution in [0.5, 0.6) is 0 Å². The lowest BCUT2D eigenvalue weighted by Crippen LogP contribution is -2.23. The number of esters is 1. The summed E-state index contributed by atoms with van der Waals surface area (Å²) >= 11 is 1.25. The molecule has 0 fully saturated rings. The molecule has 0 aliphatic carbocycles. The molecular weight excluding hydrogens is 386 g/mol. The van der Waals surface area contributed by atoms with Crippen molar-refractivity contribution in [1.82, 2.24) is 4.57 Å². The standard InChI is InChI=1S/C18H17N3O6S/c1-4-26-15(22)9-20-12-8-10(2)7-11(3)16(12)28-18(20)19-17(23)13-5-6-14(27-13)21(24)25/h5-8H,4,9H2,1-3H3. The van der Waals surface area contributed by atoms with Gasteiger partial charge in [-0.25, -0.2) is 0 Å². The summed E-state index contributed by atoms with van der Waals surface area (Å²) < 4.78 is 12.4. The van der Waals surface area contributed by atoms with Gasteiger partial charge < -0.3 is 13.7 Å². The van der Waals surface area contributed by atoms with Crippen molar-refractivity contribution >= 4 is 39.3 Å². The van der Waals surface area contributed by atoms with Crippen LogP contribution >= 0.6 is 11.3 Å². The van der Waals surface area contributed by atoms with E-state index in [1.54, 1.807) is 11.5 Å². The summed E-state index contributed by atoms with van der Waals surface area (Å²) in [7, 11) is 0. The Hall–Kier alpha value is -3.27. The van der Waals surface area contributed by atoms with Gasteiger partial charge in [-0.3, -0.25) is 19.7 Å². The van der Waals surface area contributed by atoms with Gasteiger partial charge in [0.25, 0.3) is 0 Å². The van der Waals surface area contributed by atoms with E-state index in [9.17, 15) is 19.7 Å². The largest absolute Gasteiger partial charge is 0.465 e. The van der Waals surface area contributed by atoms with E-state index in [1.807, 2.05) is 26.0 Å². The number of thiazole rings is 1. The number of amides is 1. The first-order valence-corrected chi connectivity index (χ1v) is 9.21. The van der Waals surface area contributed by atoms with Gasteiger partial charge in [-0.15, -0.1) is 0 Å². The predicted molar refractivity (Wildman–Crippen MR) is 101 cm³/mol. The smallest absolute Gasteiger partial charge is 0.433 e. The number of rotatable bonds is 5. The Morgan fingerprint density at radius 2 is 2.07 bits per heavy atom. The van der Waals surface area contributed by atoms with E-state index >= 15 is 0 Å². The molecule has 146 valence electrons. The normalized spacial score (nSPS) is 11.8. The number of ether oxygens (including phenoxy) is 1. The Morgan fingerprint density at radius 3 is 2.71 bits per heavy atom. The second-order valence-electron chi connectivity index (χ2n) is 6.02. The fraction of sp³-hybridized carbons (Fsp3) is 0.278. The average Bonchev–Trinajstić information content (AvgIpc) is 3.22. The van der Waals surface area contributed by atoms with Gasteiger partial charge in [-0.1, -0.05) is 17.4 Å². The van der Waals surface area contributed by atoms with Crippen molar-refractivity contribution in [3.63, 3.8) is 0 Å². The van der Waals surface area contributed by atoms with E-state index in [1.165, 1.54) is 17.4 Å². The van der Waals surface area contributed by atoms with Crippen LogP contribution in [0.3, 0.4) is 0 Å². The third-order valence-electron chi connectivity index (χ3n) is 3.89. The van der Waals surface area contributed by atoms with E-state index < -0.39 is 22.7 Å². The first kappa shape index (κ1) is 19.5. The molecule has 2 heterocycles. The minimum atomic E-state index is -0.772. The number of hydrogen-bond acceptors (Lipinski definition) is 7. The van der Waals surface area contributed by atoms with Gasteiger partial charge in [0.15, 0.2) is 4.80 Å². The lowest BCUT2D eigenvalue weighted by Gasteiger charge is -2.06. The number of hydrogen-bond donors (Lipinski definition) is 0. The van der Waals surface area contributed by atoms with E-state index in [-0.39, 0.29) is 23.7 Å². The minimum absolute atomic E-state index is 0.110. The SMILES string of the molecule is CCOC(=O)Cn1c(=NC(=O)c2ccc([N+](=O)[O-])o2)sc2c(C)cc(C)cc21. The summed E-state index contributed by atoms with van der Waals surface area (Å²) in [6.07, 6.45) is 0. The van der Waals surface area contributed by atoms with Gasteiger partial charge in [0, 0.05) is 0 Å². The Labute approximate surface area is 163 Å². The monoisotopic (exact) mass is 403 g/mol. The zero-order valence-corrected chi connectivity index (χ0v) is 16.2. The summed E-state index contributed by atoms with van der Waals surface area (Å²) in [4.78, 5) is 38.8. The third kappa shape index (κ3) is 3.86.